The zero-order valence-corrected chi connectivity index (χ0v) is 16.7. The van der Waals surface area contributed by atoms with Crippen molar-refractivity contribution < 1.29 is 4.42 Å². The maximum absolute atomic E-state index is 6.09. The van der Waals surface area contributed by atoms with Crippen molar-refractivity contribution in [3.05, 3.63) is 47.2 Å². The molecule has 0 aliphatic rings. The number of aryl methyl sites for hydroxylation is 3. The standard InChI is InChI=1S/C23H30N2O/c1-15(2)9-11-18-13-17(5)14-21-22(18)25-23(26-21)20-8-6-7-19(24-20)12-10-16(3)4/h6-8,13-16H,9-12H2,1-5H3. The molecule has 0 atom stereocenters. The van der Waals surface area contributed by atoms with Gasteiger partial charge in [0.15, 0.2) is 5.58 Å². The van der Waals surface area contributed by atoms with E-state index < -0.39 is 0 Å². The van der Waals surface area contributed by atoms with Crippen molar-refractivity contribution in [1.29, 1.82) is 0 Å². The van der Waals surface area contributed by atoms with Crippen molar-refractivity contribution in [3.8, 4) is 11.6 Å². The fourth-order valence-electron chi connectivity index (χ4n) is 3.17. The minimum Gasteiger partial charge on any atom is -0.435 e. The van der Waals surface area contributed by atoms with E-state index in [0.717, 1.165) is 48.2 Å². The molecule has 3 nitrogen and oxygen atoms in total. The average molecular weight is 351 g/mol. The van der Waals surface area contributed by atoms with E-state index in [-0.39, 0.29) is 0 Å². The third-order valence-electron chi connectivity index (χ3n) is 4.71. The summed E-state index contributed by atoms with van der Waals surface area (Å²) in [6, 6.07) is 10.4. The maximum atomic E-state index is 6.09. The zero-order chi connectivity index (χ0) is 18.7. The number of fused-ring (bicyclic) bond motifs is 1. The predicted molar refractivity (Wildman–Crippen MR) is 108 cm³/mol. The van der Waals surface area contributed by atoms with Crippen LogP contribution in [0.1, 0.15) is 57.4 Å². The van der Waals surface area contributed by atoms with Gasteiger partial charge >= 0.3 is 0 Å². The molecule has 0 amide bonds. The Morgan fingerprint density at radius 1 is 0.923 bits per heavy atom. The molecule has 0 fully saturated rings. The summed E-state index contributed by atoms with van der Waals surface area (Å²) in [6.07, 6.45) is 4.32. The second-order valence-electron chi connectivity index (χ2n) is 8.17. The van der Waals surface area contributed by atoms with E-state index in [2.05, 4.69) is 58.9 Å². The largest absolute Gasteiger partial charge is 0.435 e. The van der Waals surface area contributed by atoms with Gasteiger partial charge in [-0.05, 0) is 73.8 Å². The fraction of sp³-hybridized carbons (Fsp3) is 0.478. The fourth-order valence-corrected chi connectivity index (χ4v) is 3.17. The first-order chi connectivity index (χ1) is 12.4. The lowest BCUT2D eigenvalue weighted by Gasteiger charge is -2.06. The van der Waals surface area contributed by atoms with Gasteiger partial charge in [-0.15, -0.1) is 0 Å². The van der Waals surface area contributed by atoms with Gasteiger partial charge in [-0.1, -0.05) is 39.8 Å². The van der Waals surface area contributed by atoms with Gasteiger partial charge in [0.1, 0.15) is 11.2 Å². The van der Waals surface area contributed by atoms with Crippen LogP contribution in [0.3, 0.4) is 0 Å². The maximum Gasteiger partial charge on any atom is 0.246 e. The molecule has 0 bridgehead atoms. The van der Waals surface area contributed by atoms with E-state index in [0.29, 0.717) is 17.7 Å². The Labute approximate surface area is 156 Å². The number of nitrogens with zero attached hydrogens (tertiary/aromatic N) is 2. The topological polar surface area (TPSA) is 38.9 Å². The summed E-state index contributed by atoms with van der Waals surface area (Å²) in [5.41, 5.74) is 6.29. The van der Waals surface area contributed by atoms with Crippen LogP contribution in [0.5, 0.6) is 0 Å². The molecule has 138 valence electrons. The molecule has 2 heterocycles. The van der Waals surface area contributed by atoms with Crippen molar-refractivity contribution in [2.45, 2.75) is 60.3 Å². The first-order valence-electron chi connectivity index (χ1n) is 9.78. The van der Waals surface area contributed by atoms with E-state index in [9.17, 15) is 0 Å². The molecule has 0 saturated heterocycles. The van der Waals surface area contributed by atoms with Crippen molar-refractivity contribution in [3.63, 3.8) is 0 Å². The minimum absolute atomic E-state index is 0.628. The SMILES string of the molecule is Cc1cc(CCC(C)C)c2nc(-c3cccc(CCC(C)C)n3)oc2c1. The van der Waals surface area contributed by atoms with Crippen LogP contribution in [-0.2, 0) is 12.8 Å². The van der Waals surface area contributed by atoms with Crippen molar-refractivity contribution >= 4 is 11.1 Å². The Balaban J connectivity index is 1.93. The van der Waals surface area contributed by atoms with E-state index >= 15 is 0 Å². The van der Waals surface area contributed by atoms with Crippen LogP contribution in [0.4, 0.5) is 0 Å². The summed E-state index contributed by atoms with van der Waals surface area (Å²) >= 11 is 0. The summed E-state index contributed by atoms with van der Waals surface area (Å²) in [5, 5.41) is 0. The van der Waals surface area contributed by atoms with Gasteiger partial charge in [0.25, 0.3) is 0 Å². The Kier molecular flexibility index (Phi) is 5.75. The normalized spacial score (nSPS) is 11.8. The molecule has 26 heavy (non-hydrogen) atoms. The summed E-state index contributed by atoms with van der Waals surface area (Å²) < 4.78 is 6.09. The molecule has 0 aliphatic carbocycles. The average Bonchev–Trinajstić information content (AvgIpc) is 3.02. The molecule has 3 heteroatoms. The van der Waals surface area contributed by atoms with Gasteiger partial charge in [-0.2, -0.15) is 0 Å². The molecule has 3 rings (SSSR count). The summed E-state index contributed by atoms with van der Waals surface area (Å²) in [7, 11) is 0. The second-order valence-corrected chi connectivity index (χ2v) is 8.17. The quantitative estimate of drug-likeness (QED) is 0.496. The number of pyridine rings is 1. The van der Waals surface area contributed by atoms with Crippen LogP contribution in [0.25, 0.3) is 22.7 Å². The van der Waals surface area contributed by atoms with Crippen LogP contribution in [0.15, 0.2) is 34.7 Å². The van der Waals surface area contributed by atoms with E-state index in [4.69, 9.17) is 14.4 Å². The highest BCUT2D eigenvalue weighted by atomic mass is 16.3. The lowest BCUT2D eigenvalue weighted by Crippen LogP contribution is -1.96. The molecule has 2 aromatic heterocycles. The van der Waals surface area contributed by atoms with Gasteiger partial charge in [-0.25, -0.2) is 9.97 Å². The van der Waals surface area contributed by atoms with E-state index in [1.807, 2.05) is 6.07 Å². The number of rotatable bonds is 7. The van der Waals surface area contributed by atoms with Gasteiger partial charge < -0.3 is 4.42 Å². The van der Waals surface area contributed by atoms with Crippen LogP contribution >= 0.6 is 0 Å². The Morgan fingerprint density at radius 3 is 2.38 bits per heavy atom. The molecule has 3 aromatic rings. The first kappa shape index (κ1) is 18.6. The lowest BCUT2D eigenvalue weighted by atomic mass is 10.0. The van der Waals surface area contributed by atoms with Gasteiger partial charge in [0.2, 0.25) is 5.89 Å². The van der Waals surface area contributed by atoms with Gasteiger partial charge in [-0.3, -0.25) is 0 Å². The summed E-state index contributed by atoms with van der Waals surface area (Å²) in [6.45, 7) is 11.1. The van der Waals surface area contributed by atoms with Crippen LogP contribution < -0.4 is 0 Å². The third kappa shape index (κ3) is 4.51. The van der Waals surface area contributed by atoms with Crippen LogP contribution in [-0.4, -0.2) is 9.97 Å². The number of aromatic nitrogens is 2. The molecular formula is C23H30N2O. The number of hydrogen-bond donors (Lipinski definition) is 0. The molecule has 0 N–H and O–H groups in total. The summed E-state index contributed by atoms with van der Waals surface area (Å²) in [4.78, 5) is 9.59. The second kappa shape index (κ2) is 8.03. The Morgan fingerprint density at radius 2 is 1.65 bits per heavy atom. The monoisotopic (exact) mass is 350 g/mol. The summed E-state index contributed by atoms with van der Waals surface area (Å²) in [5.74, 6) is 1.98. The molecule has 0 aliphatic heterocycles. The zero-order valence-electron chi connectivity index (χ0n) is 16.7. The molecular weight excluding hydrogens is 320 g/mol. The van der Waals surface area contributed by atoms with Gasteiger partial charge in [0, 0.05) is 5.69 Å². The smallest absolute Gasteiger partial charge is 0.246 e. The first-order valence-corrected chi connectivity index (χ1v) is 9.78. The van der Waals surface area contributed by atoms with E-state index in [1.165, 1.54) is 11.1 Å². The van der Waals surface area contributed by atoms with E-state index in [1.54, 1.807) is 0 Å². The van der Waals surface area contributed by atoms with Crippen molar-refractivity contribution in [1.82, 2.24) is 9.97 Å². The third-order valence-corrected chi connectivity index (χ3v) is 4.71. The minimum atomic E-state index is 0.628. The van der Waals surface area contributed by atoms with Crippen molar-refractivity contribution in [2.24, 2.45) is 11.8 Å². The van der Waals surface area contributed by atoms with Crippen LogP contribution in [0.2, 0.25) is 0 Å². The number of oxazole rings is 1. The molecule has 0 radical (unpaired) electrons. The Hall–Kier alpha value is -2.16. The predicted octanol–water partition coefficient (Wildman–Crippen LogP) is 6.38. The molecule has 0 saturated carbocycles. The highest BCUT2D eigenvalue weighted by Gasteiger charge is 2.14. The van der Waals surface area contributed by atoms with Crippen LogP contribution in [0, 0.1) is 18.8 Å². The molecule has 0 spiro atoms. The van der Waals surface area contributed by atoms with Gasteiger partial charge in [0.05, 0.1) is 0 Å². The highest BCUT2D eigenvalue weighted by Crippen LogP contribution is 2.28. The Bertz CT molecular complexity index is 877. The number of benzene rings is 1. The highest BCUT2D eigenvalue weighted by molar-refractivity contribution is 5.80. The van der Waals surface area contributed by atoms with Crippen molar-refractivity contribution in [2.75, 3.05) is 0 Å². The molecule has 0 unspecified atom stereocenters. The number of hydrogen-bond acceptors (Lipinski definition) is 3. The molecule has 1 aromatic carbocycles. The lowest BCUT2D eigenvalue weighted by molar-refractivity contribution is 0.580.